The van der Waals surface area contributed by atoms with Gasteiger partial charge in [0.25, 0.3) is 0 Å². The topological polar surface area (TPSA) is 165 Å². The van der Waals surface area contributed by atoms with Gasteiger partial charge in [-0.2, -0.15) is 0 Å². The minimum atomic E-state index is -0.576. The van der Waals surface area contributed by atoms with Gasteiger partial charge in [0.1, 0.15) is 0 Å². The van der Waals surface area contributed by atoms with Gasteiger partial charge < -0.3 is 45.4 Å². The van der Waals surface area contributed by atoms with E-state index in [9.17, 15) is 19.2 Å². The first-order valence-electron chi connectivity index (χ1n) is 14.5. The third-order valence-corrected chi connectivity index (χ3v) is 6.24. The zero-order valence-corrected chi connectivity index (χ0v) is 28.2. The van der Waals surface area contributed by atoms with Crippen LogP contribution in [0.5, 0.6) is 0 Å². The number of ether oxygens (including phenoxy) is 4. The van der Waals surface area contributed by atoms with E-state index in [4.69, 9.17) is 24.7 Å². The quantitative estimate of drug-likeness (QED) is 0.103. The maximum absolute atomic E-state index is 11.5. The molecule has 0 saturated heterocycles. The van der Waals surface area contributed by atoms with Gasteiger partial charge in [-0.3, -0.25) is 14.4 Å². The van der Waals surface area contributed by atoms with Gasteiger partial charge >= 0.3 is 0 Å². The molecule has 0 fully saturated rings. The first-order valence-corrected chi connectivity index (χ1v) is 14.5. The van der Waals surface area contributed by atoms with Crippen molar-refractivity contribution >= 4 is 23.6 Å². The number of carbonyl (C=O) groups excluding carboxylic acids is 4. The third-order valence-electron chi connectivity index (χ3n) is 6.24. The average Bonchev–Trinajstić information content (AvgIpc) is 2.95. The Hall–Kier alpha value is -1.59. The number of hydrogen-bond donors (Lipinski definition) is 3. The molecular weight excluding hydrogens is 704 g/mol. The summed E-state index contributed by atoms with van der Waals surface area (Å²) >= 11 is 0. The molecule has 0 unspecified atom stereocenters. The van der Waals surface area contributed by atoms with Crippen molar-refractivity contribution in [2.24, 2.45) is 5.41 Å². The molecule has 0 spiro atoms. The van der Waals surface area contributed by atoms with Crippen molar-refractivity contribution < 1.29 is 59.2 Å². The van der Waals surface area contributed by atoms with E-state index in [0.717, 1.165) is 38.5 Å². The molecule has 4 amide bonds. The Kier molecular flexibility index (Phi) is 28.9. The number of rotatable bonds is 28. The fourth-order valence-electron chi connectivity index (χ4n) is 3.74. The molecule has 4 N–H and O–H groups in total. The van der Waals surface area contributed by atoms with E-state index in [-0.39, 0.29) is 45.2 Å². The van der Waals surface area contributed by atoms with Gasteiger partial charge in [-0.1, -0.05) is 0 Å². The standard InChI is InChI=1S/C28H54N4O8.W/c1-30-25(34)13-5-9-17-38-21-28(20-37-16-8-4-12-24(29)33,22-39-18-10-6-14-26(35)31-2)23-40-19-11-7-15-27(36)32-3;/h4-23H2,1-3H3,(H5,29,30,31,32,33,34,35,36);/p-1. The summed E-state index contributed by atoms with van der Waals surface area (Å²) < 4.78 is 24.1. The Morgan fingerprint density at radius 2 is 0.780 bits per heavy atom. The van der Waals surface area contributed by atoms with Crippen LogP contribution < -0.4 is 16.0 Å². The van der Waals surface area contributed by atoms with Crippen molar-refractivity contribution in [2.75, 3.05) is 74.0 Å². The molecule has 0 heterocycles. The minimum absolute atomic E-state index is 0. The Labute approximate surface area is 260 Å². The van der Waals surface area contributed by atoms with Gasteiger partial charge in [-0.25, -0.2) is 0 Å². The van der Waals surface area contributed by atoms with E-state index in [1.807, 2.05) is 0 Å². The normalized spacial score (nSPS) is 11.0. The number of nitrogens with one attached hydrogen (secondary N) is 4. The van der Waals surface area contributed by atoms with Crippen molar-refractivity contribution in [1.82, 2.24) is 16.0 Å². The van der Waals surface area contributed by atoms with E-state index in [1.54, 1.807) is 21.1 Å². The Balaban J connectivity index is 0. The molecule has 0 aliphatic carbocycles. The largest absolute Gasteiger partial charge is 0.668 e. The minimum Gasteiger partial charge on any atom is -0.668 e. The molecular formula is C28H53N4O8W-. The molecule has 0 bridgehead atoms. The van der Waals surface area contributed by atoms with Crippen LogP contribution in [0.1, 0.15) is 77.0 Å². The molecule has 0 aromatic carbocycles. The summed E-state index contributed by atoms with van der Waals surface area (Å²) in [6.07, 6.45) is 7.23. The summed E-state index contributed by atoms with van der Waals surface area (Å²) in [7, 11) is 4.86. The maximum Gasteiger partial charge on any atom is 0.219 e. The summed E-state index contributed by atoms with van der Waals surface area (Å²) in [5, 5.41) is 7.85. The monoisotopic (exact) mass is 757 g/mol. The molecule has 0 radical (unpaired) electrons. The molecule has 12 nitrogen and oxygen atoms in total. The van der Waals surface area contributed by atoms with Crippen LogP contribution in [0.25, 0.3) is 5.73 Å². The number of hydrogen-bond acceptors (Lipinski definition) is 8. The summed E-state index contributed by atoms with van der Waals surface area (Å²) in [6, 6.07) is 0. The predicted octanol–water partition coefficient (Wildman–Crippen LogP) is 2.53. The smallest absolute Gasteiger partial charge is 0.219 e. The zero-order chi connectivity index (χ0) is 29.9. The molecule has 0 saturated carbocycles. The van der Waals surface area contributed by atoms with Gasteiger partial charge in [-0.15, -0.1) is 0 Å². The van der Waals surface area contributed by atoms with E-state index >= 15 is 0 Å². The van der Waals surface area contributed by atoms with Crippen molar-refractivity contribution in [2.45, 2.75) is 77.0 Å². The van der Waals surface area contributed by atoms with Crippen molar-refractivity contribution in [3.63, 3.8) is 0 Å². The van der Waals surface area contributed by atoms with Crippen molar-refractivity contribution in [3.05, 3.63) is 5.73 Å². The number of carbonyl (C=O) groups is 4. The van der Waals surface area contributed by atoms with Crippen LogP contribution in [0.3, 0.4) is 0 Å². The van der Waals surface area contributed by atoms with Crippen LogP contribution >= 0.6 is 0 Å². The van der Waals surface area contributed by atoms with Gasteiger partial charge in [0.2, 0.25) is 17.7 Å². The molecule has 0 rings (SSSR count). The molecule has 0 aromatic rings. The third kappa shape index (κ3) is 25.8. The van der Waals surface area contributed by atoms with Crippen LogP contribution in [0.2, 0.25) is 0 Å². The van der Waals surface area contributed by atoms with Gasteiger partial charge in [0.15, 0.2) is 0 Å². The maximum atomic E-state index is 11.5. The molecule has 0 aliphatic heterocycles. The molecule has 240 valence electrons. The van der Waals surface area contributed by atoms with Crippen molar-refractivity contribution in [3.8, 4) is 0 Å². The van der Waals surface area contributed by atoms with Crippen molar-refractivity contribution in [1.29, 1.82) is 0 Å². The summed E-state index contributed by atoms with van der Waals surface area (Å²) in [6.45, 7) is 3.27. The molecule has 13 heteroatoms. The van der Waals surface area contributed by atoms with E-state index in [2.05, 4.69) is 16.0 Å². The Morgan fingerprint density at radius 3 is 1.02 bits per heavy atom. The second-order valence-electron chi connectivity index (χ2n) is 9.98. The average molecular weight is 758 g/mol. The zero-order valence-electron chi connectivity index (χ0n) is 25.3. The first-order chi connectivity index (χ1) is 19.3. The first kappa shape index (κ1) is 41.5. The van der Waals surface area contributed by atoms with E-state index in [1.165, 1.54) is 0 Å². The fraction of sp³-hybridized carbons (Fsp3) is 0.857. The SMILES string of the molecule is CNC(=O)CCCCOCC(COCCCCC([NH-])=O)(COCCCCC(=O)NC)COCCCCC(=O)NC.[W]. The molecule has 0 aliphatic rings. The van der Waals surface area contributed by atoms with Crippen LogP contribution in [0.15, 0.2) is 0 Å². The second kappa shape index (κ2) is 28.5. The molecule has 41 heavy (non-hydrogen) atoms. The Bertz CT molecular complexity index is 631. The number of amides is 4. The van der Waals surface area contributed by atoms with Gasteiger partial charge in [-0.05, 0) is 57.8 Å². The second-order valence-corrected chi connectivity index (χ2v) is 9.98. The van der Waals surface area contributed by atoms with Gasteiger partial charge in [0.05, 0.1) is 31.8 Å². The van der Waals surface area contributed by atoms with Crippen LogP contribution in [-0.2, 0) is 59.2 Å². The van der Waals surface area contributed by atoms with Gasteiger partial charge in [0, 0.05) is 93.8 Å². The van der Waals surface area contributed by atoms with Crippen LogP contribution in [0.4, 0.5) is 0 Å². The molecule has 0 aromatic heterocycles. The predicted molar refractivity (Wildman–Crippen MR) is 153 cm³/mol. The summed E-state index contributed by atoms with van der Waals surface area (Å²) in [5.41, 5.74) is 6.46. The molecule has 0 atom stereocenters. The summed E-state index contributed by atoms with van der Waals surface area (Å²) in [4.78, 5) is 45.3. The fourth-order valence-corrected chi connectivity index (χ4v) is 3.74. The van der Waals surface area contributed by atoms with Crippen LogP contribution in [-0.4, -0.2) is 97.6 Å². The number of unbranched alkanes of at least 4 members (excludes halogenated alkanes) is 4. The summed E-state index contributed by atoms with van der Waals surface area (Å²) in [5.74, 6) is -0.563. The Morgan fingerprint density at radius 1 is 0.512 bits per heavy atom. The van der Waals surface area contributed by atoms with E-state index in [0.29, 0.717) is 85.0 Å². The van der Waals surface area contributed by atoms with Crippen LogP contribution in [0, 0.1) is 5.41 Å². The van der Waals surface area contributed by atoms with E-state index < -0.39 is 11.3 Å².